The minimum Gasteiger partial charge on any atom is -0.496 e. The largest absolute Gasteiger partial charge is 0.496 e. The maximum absolute atomic E-state index is 12.6. The Balaban J connectivity index is 1.77. The van der Waals surface area contributed by atoms with Crippen molar-refractivity contribution in [2.24, 2.45) is 0 Å². The minimum atomic E-state index is -0.00566. The standard InChI is InChI=1S/C20H21ClN2O4/c1-25-18-8-3-2-7-17(18)19-12-15(22-27-19)13-23(20(24)9-4-10-21)14-16-6-5-11-26-16/h2-3,5-8,11-12H,4,9-10,13-14H2,1H3. The lowest BCUT2D eigenvalue weighted by Gasteiger charge is -2.20. The molecule has 0 unspecified atom stereocenters. The molecule has 142 valence electrons. The van der Waals surface area contributed by atoms with Gasteiger partial charge < -0.3 is 18.6 Å². The van der Waals surface area contributed by atoms with E-state index < -0.39 is 0 Å². The molecule has 0 aliphatic heterocycles. The van der Waals surface area contributed by atoms with Crippen molar-refractivity contribution < 1.29 is 18.5 Å². The number of hydrogen-bond donors (Lipinski definition) is 0. The third-order valence-electron chi connectivity index (χ3n) is 4.09. The number of amides is 1. The fraction of sp³-hybridized carbons (Fsp3) is 0.300. The molecule has 0 atom stereocenters. The Hall–Kier alpha value is -2.73. The number of carbonyl (C=O) groups excluding carboxylic acids is 1. The molecule has 0 aliphatic carbocycles. The lowest BCUT2D eigenvalue weighted by atomic mass is 10.1. The van der Waals surface area contributed by atoms with Crippen molar-refractivity contribution in [2.45, 2.75) is 25.9 Å². The summed E-state index contributed by atoms with van der Waals surface area (Å²) in [6.07, 6.45) is 2.59. The van der Waals surface area contributed by atoms with Crippen molar-refractivity contribution in [3.8, 4) is 17.1 Å². The molecular weight excluding hydrogens is 368 g/mol. The van der Waals surface area contributed by atoms with Crippen molar-refractivity contribution in [3.63, 3.8) is 0 Å². The van der Waals surface area contributed by atoms with Crippen LogP contribution < -0.4 is 4.74 Å². The van der Waals surface area contributed by atoms with Crippen molar-refractivity contribution in [2.75, 3.05) is 13.0 Å². The highest BCUT2D eigenvalue weighted by atomic mass is 35.5. The van der Waals surface area contributed by atoms with Crippen molar-refractivity contribution in [1.29, 1.82) is 0 Å². The van der Waals surface area contributed by atoms with Crippen LogP contribution in [0.15, 0.2) is 57.7 Å². The van der Waals surface area contributed by atoms with Crippen LogP contribution in [0.1, 0.15) is 24.3 Å². The third-order valence-corrected chi connectivity index (χ3v) is 4.36. The van der Waals surface area contributed by atoms with Crippen LogP contribution in [0.25, 0.3) is 11.3 Å². The molecule has 6 nitrogen and oxygen atoms in total. The van der Waals surface area contributed by atoms with Crippen molar-refractivity contribution in [3.05, 3.63) is 60.2 Å². The Bertz CT molecular complexity index is 861. The van der Waals surface area contributed by atoms with E-state index >= 15 is 0 Å². The quantitative estimate of drug-likeness (QED) is 0.505. The number of rotatable bonds is 9. The van der Waals surface area contributed by atoms with Gasteiger partial charge in [-0.2, -0.15) is 0 Å². The fourth-order valence-corrected chi connectivity index (χ4v) is 2.89. The number of alkyl halides is 1. The summed E-state index contributed by atoms with van der Waals surface area (Å²) in [6, 6.07) is 13.0. The summed E-state index contributed by atoms with van der Waals surface area (Å²) in [5.41, 5.74) is 1.46. The summed E-state index contributed by atoms with van der Waals surface area (Å²) in [5.74, 6) is 2.44. The van der Waals surface area contributed by atoms with Gasteiger partial charge in [0, 0.05) is 18.4 Å². The molecule has 0 aliphatic rings. The number of aromatic nitrogens is 1. The average molecular weight is 389 g/mol. The fourth-order valence-electron chi connectivity index (χ4n) is 2.76. The summed E-state index contributed by atoms with van der Waals surface area (Å²) in [4.78, 5) is 14.2. The number of ether oxygens (including phenoxy) is 1. The van der Waals surface area contributed by atoms with Crippen LogP contribution in [0.5, 0.6) is 5.75 Å². The van der Waals surface area contributed by atoms with Gasteiger partial charge in [0.25, 0.3) is 0 Å². The maximum Gasteiger partial charge on any atom is 0.223 e. The van der Waals surface area contributed by atoms with E-state index in [0.29, 0.717) is 54.8 Å². The topological polar surface area (TPSA) is 68.7 Å². The van der Waals surface area contributed by atoms with Crippen LogP contribution >= 0.6 is 11.6 Å². The van der Waals surface area contributed by atoms with E-state index in [9.17, 15) is 4.79 Å². The van der Waals surface area contributed by atoms with Crippen molar-refractivity contribution >= 4 is 17.5 Å². The molecule has 0 radical (unpaired) electrons. The van der Waals surface area contributed by atoms with E-state index in [-0.39, 0.29) is 5.91 Å². The number of methoxy groups -OCH3 is 1. The van der Waals surface area contributed by atoms with E-state index in [1.807, 2.05) is 36.4 Å². The highest BCUT2D eigenvalue weighted by Gasteiger charge is 2.19. The molecule has 2 aromatic heterocycles. The zero-order valence-electron chi connectivity index (χ0n) is 15.1. The summed E-state index contributed by atoms with van der Waals surface area (Å²) in [7, 11) is 1.61. The van der Waals surface area contributed by atoms with E-state index in [1.54, 1.807) is 24.3 Å². The zero-order valence-corrected chi connectivity index (χ0v) is 15.8. The van der Waals surface area contributed by atoms with Crippen LogP contribution in [0.2, 0.25) is 0 Å². The van der Waals surface area contributed by atoms with Crippen LogP contribution in [0.3, 0.4) is 0 Å². The summed E-state index contributed by atoms with van der Waals surface area (Å²) in [6.45, 7) is 0.686. The first kappa shape index (κ1) is 19.0. The molecule has 1 aromatic carbocycles. The Kier molecular flexibility index (Phi) is 6.54. The van der Waals surface area contributed by atoms with Crippen LogP contribution in [0, 0.1) is 0 Å². The third kappa shape index (κ3) is 4.92. The van der Waals surface area contributed by atoms with Gasteiger partial charge in [0.15, 0.2) is 5.76 Å². The van der Waals surface area contributed by atoms with Gasteiger partial charge in [-0.25, -0.2) is 0 Å². The van der Waals surface area contributed by atoms with Gasteiger partial charge in [-0.05, 0) is 30.7 Å². The van der Waals surface area contributed by atoms with Gasteiger partial charge in [-0.15, -0.1) is 11.6 Å². The molecule has 0 saturated carbocycles. The average Bonchev–Trinajstić information content (AvgIpc) is 3.37. The predicted molar refractivity (Wildman–Crippen MR) is 101 cm³/mol. The van der Waals surface area contributed by atoms with Crippen LogP contribution in [0.4, 0.5) is 0 Å². The second-order valence-electron chi connectivity index (χ2n) is 6.00. The van der Waals surface area contributed by atoms with Crippen LogP contribution in [-0.2, 0) is 17.9 Å². The van der Waals surface area contributed by atoms with Gasteiger partial charge in [-0.1, -0.05) is 17.3 Å². The summed E-state index contributed by atoms with van der Waals surface area (Å²) < 4.78 is 16.2. The minimum absolute atomic E-state index is 0.00566. The molecule has 0 saturated heterocycles. The number of furan rings is 1. The van der Waals surface area contributed by atoms with Crippen molar-refractivity contribution in [1.82, 2.24) is 10.1 Å². The molecular formula is C20H21ClN2O4. The maximum atomic E-state index is 12.6. The SMILES string of the molecule is COc1ccccc1-c1cc(CN(Cc2ccco2)C(=O)CCCCl)no1. The molecule has 27 heavy (non-hydrogen) atoms. The molecule has 3 aromatic rings. The molecule has 0 bridgehead atoms. The first-order chi connectivity index (χ1) is 13.2. The lowest BCUT2D eigenvalue weighted by Crippen LogP contribution is -2.30. The smallest absolute Gasteiger partial charge is 0.223 e. The van der Waals surface area contributed by atoms with Gasteiger partial charge in [0.05, 0.1) is 32.0 Å². The number of para-hydroxylation sites is 1. The molecule has 0 N–H and O–H groups in total. The first-order valence-electron chi connectivity index (χ1n) is 8.66. The Morgan fingerprint density at radius 3 is 2.81 bits per heavy atom. The number of carbonyl (C=O) groups is 1. The van der Waals surface area contributed by atoms with Gasteiger partial charge in [0.1, 0.15) is 17.2 Å². The predicted octanol–water partition coefficient (Wildman–Crippen LogP) is 4.49. The number of benzene rings is 1. The lowest BCUT2D eigenvalue weighted by molar-refractivity contribution is -0.132. The zero-order chi connectivity index (χ0) is 19.1. The molecule has 2 heterocycles. The van der Waals surface area contributed by atoms with Gasteiger partial charge in [-0.3, -0.25) is 4.79 Å². The van der Waals surface area contributed by atoms with E-state index in [0.717, 1.165) is 5.56 Å². The van der Waals surface area contributed by atoms with E-state index in [2.05, 4.69) is 5.16 Å². The molecule has 3 rings (SSSR count). The molecule has 0 fully saturated rings. The Morgan fingerprint density at radius 1 is 1.22 bits per heavy atom. The number of hydrogen-bond acceptors (Lipinski definition) is 5. The van der Waals surface area contributed by atoms with E-state index in [1.165, 1.54) is 0 Å². The Morgan fingerprint density at radius 2 is 2.07 bits per heavy atom. The van der Waals surface area contributed by atoms with Crippen LogP contribution in [-0.4, -0.2) is 29.0 Å². The molecule has 7 heteroatoms. The second kappa shape index (κ2) is 9.28. The normalized spacial score (nSPS) is 10.7. The summed E-state index contributed by atoms with van der Waals surface area (Å²) >= 11 is 5.72. The second-order valence-corrected chi connectivity index (χ2v) is 6.38. The van der Waals surface area contributed by atoms with Gasteiger partial charge >= 0.3 is 0 Å². The summed E-state index contributed by atoms with van der Waals surface area (Å²) in [5, 5.41) is 4.12. The highest BCUT2D eigenvalue weighted by molar-refractivity contribution is 6.17. The highest BCUT2D eigenvalue weighted by Crippen LogP contribution is 2.30. The van der Waals surface area contributed by atoms with Gasteiger partial charge in [0.2, 0.25) is 5.91 Å². The Labute approximate surface area is 162 Å². The molecule has 0 spiro atoms. The number of nitrogens with zero attached hydrogens (tertiary/aromatic N) is 2. The molecule has 1 amide bonds. The van der Waals surface area contributed by atoms with E-state index in [4.69, 9.17) is 25.3 Å². The number of halogens is 1. The first-order valence-corrected chi connectivity index (χ1v) is 9.20. The monoisotopic (exact) mass is 388 g/mol.